The molecule has 0 aliphatic rings. The first-order valence-corrected chi connectivity index (χ1v) is 7.66. The molecule has 0 aliphatic carbocycles. The second-order valence-electron chi connectivity index (χ2n) is 5.77. The van der Waals surface area contributed by atoms with Crippen molar-refractivity contribution in [1.29, 1.82) is 0 Å². The van der Waals surface area contributed by atoms with E-state index >= 15 is 0 Å². The van der Waals surface area contributed by atoms with Crippen LogP contribution in [0.15, 0.2) is 12.1 Å². The monoisotopic (exact) mass is 314 g/mol. The summed E-state index contributed by atoms with van der Waals surface area (Å²) in [6.07, 6.45) is 0. The minimum absolute atomic E-state index is 0.601. The van der Waals surface area contributed by atoms with Gasteiger partial charge in [-0.2, -0.15) is 0 Å². The second kappa shape index (κ2) is 9.13. The number of nitrogens with zero attached hydrogens (tertiary/aromatic N) is 1. The van der Waals surface area contributed by atoms with E-state index in [1.54, 1.807) is 13.2 Å². The first kappa shape index (κ1) is 18.1. The highest BCUT2D eigenvalue weighted by Gasteiger charge is 2.13. The summed E-state index contributed by atoms with van der Waals surface area (Å²) >= 11 is 6.16. The molecular weight excluding hydrogens is 288 g/mol. The number of halogens is 1. The lowest BCUT2D eigenvalue weighted by atomic mass is 10.1. The topological polar surface area (TPSA) is 33.7 Å². The minimum Gasteiger partial charge on any atom is -0.493 e. The summed E-state index contributed by atoms with van der Waals surface area (Å²) in [6.45, 7) is 7.49. The molecule has 0 saturated carbocycles. The van der Waals surface area contributed by atoms with E-state index in [1.165, 1.54) is 0 Å². The first-order chi connectivity index (χ1) is 9.93. The molecule has 21 heavy (non-hydrogen) atoms. The fourth-order valence-corrected chi connectivity index (χ4v) is 2.13. The predicted molar refractivity (Wildman–Crippen MR) is 88.6 cm³/mol. The van der Waals surface area contributed by atoms with Crippen LogP contribution in [-0.2, 0) is 6.54 Å². The van der Waals surface area contributed by atoms with Crippen molar-refractivity contribution in [3.63, 3.8) is 0 Å². The fourth-order valence-electron chi connectivity index (χ4n) is 1.90. The summed E-state index contributed by atoms with van der Waals surface area (Å²) in [5.41, 5.74) is 1.03. The lowest BCUT2D eigenvalue weighted by molar-refractivity contribution is 0.248. The van der Waals surface area contributed by atoms with Gasteiger partial charge in [0.05, 0.1) is 7.11 Å². The van der Waals surface area contributed by atoms with Crippen LogP contribution in [-0.4, -0.2) is 45.8 Å². The molecule has 0 aliphatic heterocycles. The molecule has 120 valence electrons. The molecule has 1 aromatic carbocycles. The predicted octanol–water partition coefficient (Wildman–Crippen LogP) is 3.03. The summed E-state index contributed by atoms with van der Waals surface area (Å²) in [4.78, 5) is 2.08. The Hall–Kier alpha value is -0.970. The number of ether oxygens (including phenoxy) is 2. The van der Waals surface area contributed by atoms with Crippen LogP contribution in [0.3, 0.4) is 0 Å². The Morgan fingerprint density at radius 1 is 1.29 bits per heavy atom. The SMILES string of the molecule is COc1cc(Cl)cc(CNCC(C)C)c1OCCN(C)C. The number of rotatable bonds is 9. The lowest BCUT2D eigenvalue weighted by Crippen LogP contribution is -2.22. The molecule has 1 rings (SSSR count). The molecule has 0 heterocycles. The van der Waals surface area contributed by atoms with E-state index in [2.05, 4.69) is 24.1 Å². The first-order valence-electron chi connectivity index (χ1n) is 7.28. The van der Waals surface area contributed by atoms with Gasteiger partial charge in [-0.15, -0.1) is 0 Å². The van der Waals surface area contributed by atoms with Crippen molar-refractivity contribution in [3.8, 4) is 11.5 Å². The fraction of sp³-hybridized carbons (Fsp3) is 0.625. The maximum absolute atomic E-state index is 6.16. The van der Waals surface area contributed by atoms with Crippen molar-refractivity contribution in [1.82, 2.24) is 10.2 Å². The zero-order valence-electron chi connectivity index (χ0n) is 13.7. The van der Waals surface area contributed by atoms with E-state index < -0.39 is 0 Å². The molecule has 0 fully saturated rings. The van der Waals surface area contributed by atoms with Crippen LogP contribution in [0, 0.1) is 5.92 Å². The van der Waals surface area contributed by atoms with Crippen LogP contribution in [0.25, 0.3) is 0 Å². The normalized spacial score (nSPS) is 11.2. The van der Waals surface area contributed by atoms with Gasteiger partial charge in [-0.3, -0.25) is 0 Å². The number of likely N-dealkylation sites (N-methyl/N-ethyl adjacent to an activating group) is 1. The van der Waals surface area contributed by atoms with Gasteiger partial charge in [0, 0.05) is 29.7 Å². The highest BCUT2D eigenvalue weighted by Crippen LogP contribution is 2.34. The summed E-state index contributed by atoms with van der Waals surface area (Å²) in [6, 6.07) is 3.72. The van der Waals surface area contributed by atoms with Crippen molar-refractivity contribution < 1.29 is 9.47 Å². The summed E-state index contributed by atoms with van der Waals surface area (Å²) in [5, 5.41) is 4.07. The third-order valence-corrected chi connectivity index (χ3v) is 3.19. The molecule has 0 amide bonds. The van der Waals surface area contributed by atoms with Gasteiger partial charge in [0.2, 0.25) is 0 Å². The maximum atomic E-state index is 6.16. The molecule has 1 N–H and O–H groups in total. The van der Waals surface area contributed by atoms with Gasteiger partial charge in [-0.25, -0.2) is 0 Å². The Bertz CT molecular complexity index is 437. The van der Waals surface area contributed by atoms with Gasteiger partial charge in [0.1, 0.15) is 6.61 Å². The molecule has 0 atom stereocenters. The second-order valence-corrected chi connectivity index (χ2v) is 6.21. The van der Waals surface area contributed by atoms with Crippen molar-refractivity contribution >= 4 is 11.6 Å². The Labute approximate surface area is 133 Å². The van der Waals surface area contributed by atoms with Crippen LogP contribution in [0.2, 0.25) is 5.02 Å². The highest BCUT2D eigenvalue weighted by molar-refractivity contribution is 6.30. The van der Waals surface area contributed by atoms with Gasteiger partial charge < -0.3 is 19.7 Å². The average Bonchev–Trinajstić information content (AvgIpc) is 2.39. The Morgan fingerprint density at radius 3 is 2.57 bits per heavy atom. The van der Waals surface area contributed by atoms with Gasteiger partial charge in [-0.1, -0.05) is 25.4 Å². The van der Waals surface area contributed by atoms with Gasteiger partial charge in [0.25, 0.3) is 0 Å². The number of hydrogen-bond acceptors (Lipinski definition) is 4. The van der Waals surface area contributed by atoms with E-state index in [0.717, 1.165) is 24.4 Å². The Kier molecular flexibility index (Phi) is 7.86. The molecule has 1 aromatic rings. The number of hydrogen-bond donors (Lipinski definition) is 1. The zero-order valence-corrected chi connectivity index (χ0v) is 14.5. The van der Waals surface area contributed by atoms with E-state index in [0.29, 0.717) is 29.8 Å². The summed E-state index contributed by atoms with van der Waals surface area (Å²) < 4.78 is 11.3. The summed E-state index contributed by atoms with van der Waals surface area (Å²) in [5.74, 6) is 2.06. The Balaban J connectivity index is 2.83. The smallest absolute Gasteiger partial charge is 0.165 e. The molecule has 0 radical (unpaired) electrons. The van der Waals surface area contributed by atoms with E-state index in [1.807, 2.05) is 20.2 Å². The van der Waals surface area contributed by atoms with Crippen molar-refractivity contribution in [2.24, 2.45) is 5.92 Å². The quantitative estimate of drug-likeness (QED) is 0.759. The molecule has 0 bridgehead atoms. The molecular formula is C16H27ClN2O2. The molecule has 0 unspecified atom stereocenters. The zero-order chi connectivity index (χ0) is 15.8. The molecule has 4 nitrogen and oxygen atoms in total. The van der Waals surface area contributed by atoms with Crippen LogP contribution in [0.5, 0.6) is 11.5 Å². The van der Waals surface area contributed by atoms with E-state index in [-0.39, 0.29) is 0 Å². The highest BCUT2D eigenvalue weighted by atomic mass is 35.5. The third-order valence-electron chi connectivity index (χ3n) is 2.97. The molecule has 5 heteroatoms. The van der Waals surface area contributed by atoms with E-state index in [9.17, 15) is 0 Å². The van der Waals surface area contributed by atoms with Crippen LogP contribution < -0.4 is 14.8 Å². The largest absolute Gasteiger partial charge is 0.493 e. The van der Waals surface area contributed by atoms with Crippen LogP contribution >= 0.6 is 11.6 Å². The standard InChI is InChI=1S/C16H27ClN2O2/c1-12(2)10-18-11-13-8-14(17)9-15(20-5)16(13)21-7-6-19(3)4/h8-9,12,18H,6-7,10-11H2,1-5H3. The van der Waals surface area contributed by atoms with Crippen LogP contribution in [0.1, 0.15) is 19.4 Å². The summed E-state index contributed by atoms with van der Waals surface area (Å²) in [7, 11) is 5.68. The lowest BCUT2D eigenvalue weighted by Gasteiger charge is -2.18. The average molecular weight is 315 g/mol. The van der Waals surface area contributed by atoms with E-state index in [4.69, 9.17) is 21.1 Å². The van der Waals surface area contributed by atoms with Crippen molar-refractivity contribution in [3.05, 3.63) is 22.7 Å². The van der Waals surface area contributed by atoms with Crippen LogP contribution in [0.4, 0.5) is 0 Å². The van der Waals surface area contributed by atoms with Gasteiger partial charge >= 0.3 is 0 Å². The number of methoxy groups -OCH3 is 1. The number of benzene rings is 1. The van der Waals surface area contributed by atoms with Crippen molar-refractivity contribution in [2.45, 2.75) is 20.4 Å². The third kappa shape index (κ3) is 6.55. The molecule has 0 aromatic heterocycles. The number of nitrogens with one attached hydrogen (secondary N) is 1. The molecule has 0 spiro atoms. The van der Waals surface area contributed by atoms with Crippen molar-refractivity contribution in [2.75, 3.05) is 40.9 Å². The van der Waals surface area contributed by atoms with Gasteiger partial charge in [-0.05, 0) is 32.6 Å². The van der Waals surface area contributed by atoms with Gasteiger partial charge in [0.15, 0.2) is 11.5 Å². The molecule has 0 saturated heterocycles. The minimum atomic E-state index is 0.601. The maximum Gasteiger partial charge on any atom is 0.165 e. The Morgan fingerprint density at radius 2 is 2.00 bits per heavy atom.